The van der Waals surface area contributed by atoms with Crippen LogP contribution in [0, 0.1) is 12.7 Å². The zero-order valence-corrected chi connectivity index (χ0v) is 10.4. The fourth-order valence-electron chi connectivity index (χ4n) is 1.13. The fraction of sp³-hybridized carbons (Fsp3) is 0.400. The lowest BCUT2D eigenvalue weighted by molar-refractivity contribution is 0.599. The number of halogens is 2. The molecular weight excluding hydrogens is 253 g/mol. The van der Waals surface area contributed by atoms with Crippen LogP contribution in [0.25, 0.3) is 0 Å². The van der Waals surface area contributed by atoms with Gasteiger partial charge >= 0.3 is 0 Å². The summed E-state index contributed by atoms with van der Waals surface area (Å²) in [6.45, 7) is 1.61. The highest BCUT2D eigenvalue weighted by Crippen LogP contribution is 2.15. The summed E-state index contributed by atoms with van der Waals surface area (Å²) in [4.78, 5) is 0. The third-order valence-electron chi connectivity index (χ3n) is 1.99. The second kappa shape index (κ2) is 5.50. The average molecular weight is 266 g/mol. The molecule has 0 saturated carbocycles. The molecule has 0 fully saturated rings. The summed E-state index contributed by atoms with van der Waals surface area (Å²) in [6, 6.07) is 4.21. The molecular formula is C10H13ClFNO2S. The van der Waals surface area contributed by atoms with Crippen LogP contribution in [0.15, 0.2) is 18.2 Å². The van der Waals surface area contributed by atoms with Crippen LogP contribution in [0.1, 0.15) is 12.0 Å². The quantitative estimate of drug-likeness (QED) is 0.832. The van der Waals surface area contributed by atoms with Crippen molar-refractivity contribution >= 4 is 27.3 Å². The number of alkyl halides is 1. The highest BCUT2D eigenvalue weighted by atomic mass is 35.5. The number of hydrogen-bond acceptors (Lipinski definition) is 2. The van der Waals surface area contributed by atoms with Gasteiger partial charge in [-0.05, 0) is 31.0 Å². The summed E-state index contributed by atoms with van der Waals surface area (Å²) in [6.07, 6.45) is 0.366. The molecule has 6 heteroatoms. The van der Waals surface area contributed by atoms with E-state index in [9.17, 15) is 12.8 Å². The predicted octanol–water partition coefficient (Wildman–Crippen LogP) is 2.50. The van der Waals surface area contributed by atoms with Gasteiger partial charge in [0.1, 0.15) is 5.82 Å². The number of nitrogens with one attached hydrogen (secondary N) is 1. The molecule has 1 aromatic rings. The second-order valence-electron chi connectivity index (χ2n) is 3.43. The number of rotatable bonds is 5. The van der Waals surface area contributed by atoms with Crippen LogP contribution < -0.4 is 4.72 Å². The minimum Gasteiger partial charge on any atom is -0.283 e. The van der Waals surface area contributed by atoms with Crippen LogP contribution in [0.3, 0.4) is 0 Å². The van der Waals surface area contributed by atoms with Crippen LogP contribution >= 0.6 is 11.6 Å². The van der Waals surface area contributed by atoms with Crippen LogP contribution in [-0.2, 0) is 10.0 Å². The smallest absolute Gasteiger partial charge is 0.232 e. The molecule has 90 valence electrons. The van der Waals surface area contributed by atoms with Crippen molar-refractivity contribution in [3.8, 4) is 0 Å². The Morgan fingerprint density at radius 3 is 2.69 bits per heavy atom. The lowest BCUT2D eigenvalue weighted by Crippen LogP contribution is -2.17. The molecule has 0 heterocycles. The SMILES string of the molecule is Cc1ccc(NS(=O)(=O)CCCCl)cc1F. The molecule has 0 amide bonds. The molecule has 0 aromatic heterocycles. The lowest BCUT2D eigenvalue weighted by Gasteiger charge is -2.07. The van der Waals surface area contributed by atoms with E-state index in [1.807, 2.05) is 0 Å². The molecule has 0 radical (unpaired) electrons. The van der Waals surface area contributed by atoms with E-state index in [0.29, 0.717) is 12.0 Å². The van der Waals surface area contributed by atoms with Gasteiger partial charge in [-0.25, -0.2) is 12.8 Å². The van der Waals surface area contributed by atoms with E-state index in [-0.39, 0.29) is 17.3 Å². The van der Waals surface area contributed by atoms with Gasteiger partial charge in [0.15, 0.2) is 0 Å². The first-order valence-corrected chi connectivity index (χ1v) is 6.96. The third kappa shape index (κ3) is 3.98. The van der Waals surface area contributed by atoms with Gasteiger partial charge in [-0.2, -0.15) is 0 Å². The Labute approximate surface area is 99.7 Å². The maximum absolute atomic E-state index is 13.2. The molecule has 0 bridgehead atoms. The average Bonchev–Trinajstić information content (AvgIpc) is 2.20. The van der Waals surface area contributed by atoms with Crippen molar-refractivity contribution in [1.29, 1.82) is 0 Å². The summed E-state index contributed by atoms with van der Waals surface area (Å²) in [7, 11) is -3.43. The molecule has 3 nitrogen and oxygen atoms in total. The third-order valence-corrected chi connectivity index (χ3v) is 3.63. The van der Waals surface area contributed by atoms with E-state index >= 15 is 0 Å². The van der Waals surface area contributed by atoms with E-state index < -0.39 is 15.8 Å². The van der Waals surface area contributed by atoms with E-state index in [4.69, 9.17) is 11.6 Å². The van der Waals surface area contributed by atoms with Gasteiger partial charge in [-0.15, -0.1) is 11.6 Å². The van der Waals surface area contributed by atoms with Crippen LogP contribution in [0.2, 0.25) is 0 Å². The van der Waals surface area contributed by atoms with Crippen molar-refractivity contribution in [2.24, 2.45) is 0 Å². The monoisotopic (exact) mass is 265 g/mol. The Hall–Kier alpha value is -0.810. The van der Waals surface area contributed by atoms with Crippen LogP contribution in [0.4, 0.5) is 10.1 Å². The van der Waals surface area contributed by atoms with Gasteiger partial charge in [0, 0.05) is 5.88 Å². The van der Waals surface area contributed by atoms with Crippen molar-refractivity contribution in [1.82, 2.24) is 0 Å². The van der Waals surface area contributed by atoms with Crippen molar-refractivity contribution in [2.75, 3.05) is 16.4 Å². The largest absolute Gasteiger partial charge is 0.283 e. The number of benzene rings is 1. The first kappa shape index (κ1) is 13.3. The zero-order chi connectivity index (χ0) is 12.2. The summed E-state index contributed by atoms with van der Waals surface area (Å²) in [5.41, 5.74) is 0.710. The Balaban J connectivity index is 2.76. The highest BCUT2D eigenvalue weighted by Gasteiger charge is 2.10. The van der Waals surface area contributed by atoms with Gasteiger partial charge in [-0.3, -0.25) is 4.72 Å². The molecule has 0 aliphatic rings. The Kier molecular flexibility index (Phi) is 4.56. The van der Waals surface area contributed by atoms with Crippen molar-refractivity contribution in [3.63, 3.8) is 0 Å². The molecule has 1 rings (SSSR count). The second-order valence-corrected chi connectivity index (χ2v) is 5.65. The van der Waals surface area contributed by atoms with Gasteiger partial charge < -0.3 is 0 Å². The minimum absolute atomic E-state index is 0.0635. The Bertz CT molecular complexity index is 462. The number of sulfonamides is 1. The van der Waals surface area contributed by atoms with Crippen molar-refractivity contribution in [2.45, 2.75) is 13.3 Å². The normalized spacial score (nSPS) is 11.4. The molecule has 0 atom stereocenters. The minimum atomic E-state index is -3.43. The predicted molar refractivity (Wildman–Crippen MR) is 63.9 cm³/mol. The summed E-state index contributed by atoms with van der Waals surface area (Å²) >= 11 is 5.40. The van der Waals surface area contributed by atoms with Gasteiger partial charge in [0.25, 0.3) is 0 Å². The lowest BCUT2D eigenvalue weighted by atomic mass is 10.2. The maximum Gasteiger partial charge on any atom is 0.232 e. The van der Waals surface area contributed by atoms with Crippen molar-refractivity contribution < 1.29 is 12.8 Å². The molecule has 0 unspecified atom stereocenters. The Morgan fingerprint density at radius 2 is 2.12 bits per heavy atom. The topological polar surface area (TPSA) is 46.2 Å². The summed E-state index contributed by atoms with van der Waals surface area (Å²) < 4.78 is 38.4. The highest BCUT2D eigenvalue weighted by molar-refractivity contribution is 7.92. The fourth-order valence-corrected chi connectivity index (χ4v) is 2.54. The first-order valence-electron chi connectivity index (χ1n) is 4.77. The van der Waals surface area contributed by atoms with Gasteiger partial charge in [0.2, 0.25) is 10.0 Å². The number of anilines is 1. The molecule has 0 saturated heterocycles. The molecule has 1 aromatic carbocycles. The summed E-state index contributed by atoms with van der Waals surface area (Å²) in [5, 5.41) is 0. The van der Waals surface area contributed by atoms with E-state index in [1.165, 1.54) is 12.1 Å². The maximum atomic E-state index is 13.2. The van der Waals surface area contributed by atoms with E-state index in [0.717, 1.165) is 6.07 Å². The van der Waals surface area contributed by atoms with Crippen LogP contribution in [-0.4, -0.2) is 20.1 Å². The standard InChI is InChI=1S/C10H13ClFNO2S/c1-8-3-4-9(7-10(8)12)13-16(14,15)6-2-5-11/h3-4,7,13H,2,5-6H2,1H3. The van der Waals surface area contributed by atoms with E-state index in [2.05, 4.69) is 4.72 Å². The van der Waals surface area contributed by atoms with Crippen LogP contribution in [0.5, 0.6) is 0 Å². The van der Waals surface area contributed by atoms with Crippen molar-refractivity contribution in [3.05, 3.63) is 29.6 Å². The molecule has 0 spiro atoms. The number of aryl methyl sites for hydroxylation is 1. The zero-order valence-electron chi connectivity index (χ0n) is 8.83. The van der Waals surface area contributed by atoms with Gasteiger partial charge in [-0.1, -0.05) is 6.07 Å². The number of hydrogen-bond donors (Lipinski definition) is 1. The summed E-state index contributed by atoms with van der Waals surface area (Å²) in [5.74, 6) is -0.215. The first-order chi connectivity index (χ1) is 7.44. The molecule has 0 aliphatic heterocycles. The van der Waals surface area contributed by atoms with E-state index in [1.54, 1.807) is 6.92 Å². The molecule has 0 aliphatic carbocycles. The molecule has 1 N–H and O–H groups in total. The Morgan fingerprint density at radius 1 is 1.44 bits per heavy atom. The van der Waals surface area contributed by atoms with Gasteiger partial charge in [0.05, 0.1) is 11.4 Å². The molecule has 16 heavy (non-hydrogen) atoms.